The van der Waals surface area contributed by atoms with Crippen molar-refractivity contribution in [1.82, 2.24) is 4.73 Å². The highest BCUT2D eigenvalue weighted by Gasteiger charge is 2.20. The predicted octanol–water partition coefficient (Wildman–Crippen LogP) is 4.14. The van der Waals surface area contributed by atoms with Gasteiger partial charge in [-0.3, -0.25) is 4.99 Å². The van der Waals surface area contributed by atoms with Gasteiger partial charge in [0, 0.05) is 9.37 Å². The van der Waals surface area contributed by atoms with E-state index in [0.29, 0.717) is 11.4 Å². The summed E-state index contributed by atoms with van der Waals surface area (Å²) >= 11 is 4.81. The van der Waals surface area contributed by atoms with Crippen molar-refractivity contribution in [1.29, 1.82) is 0 Å². The maximum atomic E-state index is 12.0. The minimum Gasteiger partial charge on any atom is -0.497 e. The molecular weight excluding hydrogens is 432 g/mol. The van der Waals surface area contributed by atoms with Gasteiger partial charge in [-0.2, -0.15) is 4.73 Å². The van der Waals surface area contributed by atoms with E-state index in [-0.39, 0.29) is 11.4 Å². The molecule has 0 radical (unpaired) electrons. The smallest absolute Gasteiger partial charge is 0.330 e. The van der Waals surface area contributed by atoms with Crippen LogP contribution in [0.5, 0.6) is 5.75 Å². The van der Waals surface area contributed by atoms with Gasteiger partial charge in [-0.1, -0.05) is 41.5 Å². The summed E-state index contributed by atoms with van der Waals surface area (Å²) in [5.41, 5.74) is 0.274. The van der Waals surface area contributed by atoms with E-state index in [1.807, 2.05) is 38.1 Å². The van der Waals surface area contributed by atoms with Crippen molar-refractivity contribution >= 4 is 33.7 Å². The summed E-state index contributed by atoms with van der Waals surface area (Å²) in [6.45, 7) is 4.01. The van der Waals surface area contributed by atoms with Gasteiger partial charge >= 0.3 is 5.97 Å². The number of carbonyl (C=O) groups excluding carboxylic acids is 1. The van der Waals surface area contributed by atoms with Gasteiger partial charge < -0.3 is 14.7 Å². The average Bonchev–Trinajstić information content (AvgIpc) is 2.64. The molecule has 1 aromatic heterocycles. The van der Waals surface area contributed by atoms with Crippen molar-refractivity contribution in [3.63, 3.8) is 0 Å². The molecule has 0 aliphatic rings. The van der Waals surface area contributed by atoms with Gasteiger partial charge in [-0.15, -0.1) is 0 Å². The third-order valence-electron chi connectivity index (χ3n) is 3.69. The number of aromatic nitrogens is 1. The zero-order valence-electron chi connectivity index (χ0n) is 15.7. The van der Waals surface area contributed by atoms with Crippen LogP contribution in [0.2, 0.25) is 0 Å². The van der Waals surface area contributed by atoms with E-state index in [1.54, 1.807) is 19.2 Å². The van der Waals surface area contributed by atoms with Gasteiger partial charge in [-0.25, -0.2) is 4.79 Å². The van der Waals surface area contributed by atoms with Crippen molar-refractivity contribution < 1.29 is 19.5 Å². The van der Waals surface area contributed by atoms with Gasteiger partial charge in [0.2, 0.25) is 0 Å². The minimum atomic E-state index is -0.679. The summed E-state index contributed by atoms with van der Waals surface area (Å²) in [4.78, 5) is 17.4. The van der Waals surface area contributed by atoms with Crippen LogP contribution in [0.3, 0.4) is 0 Å². The highest BCUT2D eigenvalue weighted by Crippen LogP contribution is 2.29. The Morgan fingerprint density at radius 2 is 1.93 bits per heavy atom. The number of methoxy groups -OCH3 is 2. The number of rotatable bonds is 7. The molecule has 1 atom stereocenters. The highest BCUT2D eigenvalue weighted by atomic mass is 79.9. The molecule has 8 heteroatoms. The first kappa shape index (κ1) is 21.4. The molecule has 0 fully saturated rings. The molecule has 1 heterocycles. The Morgan fingerprint density at radius 3 is 2.48 bits per heavy atom. The standard InChI is InChI=1S/C19H23BrN2O4S/c1-12(2)9-16(19(23)26-4)21-17-10-13(20)11-18(22(17)24)27-15-7-5-14(25-3)6-8-15/h5-8,10-12,16,24H,9H2,1-4H3. The Balaban J connectivity index is 2.41. The van der Waals surface area contributed by atoms with Crippen LogP contribution in [-0.4, -0.2) is 36.2 Å². The first-order valence-electron chi connectivity index (χ1n) is 8.39. The molecule has 0 aliphatic carbocycles. The van der Waals surface area contributed by atoms with E-state index in [2.05, 4.69) is 20.9 Å². The van der Waals surface area contributed by atoms with Crippen molar-refractivity contribution in [2.75, 3.05) is 14.2 Å². The summed E-state index contributed by atoms with van der Waals surface area (Å²) in [5.74, 6) is 0.592. The SMILES string of the molecule is COC(=O)C(CC(C)C)N=c1cc(Br)cc(Sc2ccc(OC)cc2)n1O. The summed E-state index contributed by atoms with van der Waals surface area (Å²) in [5, 5.41) is 11.2. The number of nitrogens with zero attached hydrogens (tertiary/aromatic N) is 2. The van der Waals surface area contributed by atoms with E-state index in [4.69, 9.17) is 9.47 Å². The fourth-order valence-corrected chi connectivity index (χ4v) is 3.84. The second kappa shape index (κ2) is 9.85. The van der Waals surface area contributed by atoms with Crippen LogP contribution in [0.25, 0.3) is 0 Å². The van der Waals surface area contributed by atoms with Crippen LogP contribution in [0, 0.1) is 5.92 Å². The van der Waals surface area contributed by atoms with Gasteiger partial charge in [0.25, 0.3) is 0 Å². The van der Waals surface area contributed by atoms with Gasteiger partial charge in [0.1, 0.15) is 16.8 Å². The predicted molar refractivity (Wildman–Crippen MR) is 107 cm³/mol. The molecule has 1 unspecified atom stereocenters. The summed E-state index contributed by atoms with van der Waals surface area (Å²) in [6.07, 6.45) is 0.528. The van der Waals surface area contributed by atoms with Gasteiger partial charge in [0.15, 0.2) is 5.49 Å². The molecule has 0 spiro atoms. The lowest BCUT2D eigenvalue weighted by atomic mass is 10.0. The molecular formula is C19H23BrN2O4S. The maximum Gasteiger partial charge on any atom is 0.330 e. The van der Waals surface area contributed by atoms with Crippen LogP contribution >= 0.6 is 27.7 Å². The lowest BCUT2D eigenvalue weighted by molar-refractivity contribution is -0.142. The first-order valence-corrected chi connectivity index (χ1v) is 10.0. The van der Waals surface area contributed by atoms with E-state index >= 15 is 0 Å². The Kier molecular flexibility index (Phi) is 7.79. The lowest BCUT2D eigenvalue weighted by Crippen LogP contribution is -2.29. The molecule has 27 heavy (non-hydrogen) atoms. The Bertz CT molecular complexity index is 850. The molecule has 146 valence electrons. The summed E-state index contributed by atoms with van der Waals surface area (Å²) in [6, 6.07) is 10.3. The van der Waals surface area contributed by atoms with Crippen LogP contribution in [0.1, 0.15) is 20.3 Å². The largest absolute Gasteiger partial charge is 0.497 e. The lowest BCUT2D eigenvalue weighted by Gasteiger charge is -2.14. The van der Waals surface area contributed by atoms with E-state index < -0.39 is 12.0 Å². The zero-order valence-corrected chi connectivity index (χ0v) is 18.1. The molecule has 2 aromatic rings. The fraction of sp³-hybridized carbons (Fsp3) is 0.368. The normalized spacial score (nSPS) is 12.9. The monoisotopic (exact) mass is 454 g/mol. The van der Waals surface area contributed by atoms with Gasteiger partial charge in [0.05, 0.1) is 14.2 Å². The van der Waals surface area contributed by atoms with Crippen LogP contribution in [-0.2, 0) is 9.53 Å². The molecule has 2 rings (SSSR count). The zero-order chi connectivity index (χ0) is 20.0. The number of benzene rings is 1. The molecule has 1 aromatic carbocycles. The van der Waals surface area contributed by atoms with Crippen LogP contribution < -0.4 is 10.2 Å². The van der Waals surface area contributed by atoms with Crippen LogP contribution in [0.4, 0.5) is 0 Å². The third kappa shape index (κ3) is 6.04. The fourth-order valence-electron chi connectivity index (χ4n) is 2.39. The number of carbonyl (C=O) groups is 1. The van der Waals surface area contributed by atoms with Crippen LogP contribution in [0.15, 0.2) is 55.8 Å². The number of hydrogen-bond acceptors (Lipinski definition) is 6. The highest BCUT2D eigenvalue weighted by molar-refractivity contribution is 9.10. The van der Waals surface area contributed by atoms with Gasteiger partial charge in [-0.05, 0) is 48.7 Å². The molecule has 1 N–H and O–H groups in total. The Labute approximate surface area is 171 Å². The molecule has 0 amide bonds. The maximum absolute atomic E-state index is 12.0. The quantitative estimate of drug-likeness (QED) is 0.502. The van der Waals surface area contributed by atoms with Crippen molar-refractivity contribution in [3.05, 3.63) is 46.4 Å². The van der Waals surface area contributed by atoms with E-state index in [0.717, 1.165) is 19.8 Å². The molecule has 6 nitrogen and oxygen atoms in total. The third-order valence-corrected chi connectivity index (χ3v) is 5.16. The summed E-state index contributed by atoms with van der Waals surface area (Å²) < 4.78 is 11.7. The Hall–Kier alpha value is -1.93. The number of pyridine rings is 1. The second-order valence-electron chi connectivity index (χ2n) is 6.26. The topological polar surface area (TPSA) is 73.0 Å². The minimum absolute atomic E-state index is 0.255. The molecule has 0 saturated heterocycles. The number of ether oxygens (including phenoxy) is 2. The van der Waals surface area contributed by atoms with Crippen molar-refractivity contribution in [3.8, 4) is 5.75 Å². The van der Waals surface area contributed by atoms with Crippen molar-refractivity contribution in [2.45, 2.75) is 36.2 Å². The Morgan fingerprint density at radius 1 is 1.26 bits per heavy atom. The first-order chi connectivity index (χ1) is 12.8. The average molecular weight is 455 g/mol. The van der Waals surface area contributed by atoms with E-state index in [9.17, 15) is 10.0 Å². The second-order valence-corrected chi connectivity index (χ2v) is 8.27. The number of esters is 1. The molecule has 0 saturated carbocycles. The number of halogens is 1. The van der Waals surface area contributed by atoms with E-state index in [1.165, 1.54) is 18.9 Å². The molecule has 0 bridgehead atoms. The van der Waals surface area contributed by atoms with Crippen molar-refractivity contribution in [2.24, 2.45) is 10.9 Å². The summed E-state index contributed by atoms with van der Waals surface area (Å²) in [7, 11) is 2.95. The molecule has 0 aliphatic heterocycles. The number of hydrogen-bond donors (Lipinski definition) is 1.